The Morgan fingerprint density at radius 3 is 1.77 bits per heavy atom. The zero-order valence-corrected chi connectivity index (χ0v) is 13.4. The van der Waals surface area contributed by atoms with Gasteiger partial charge in [-0.25, -0.2) is 0 Å². The third kappa shape index (κ3) is 4.32. The first kappa shape index (κ1) is 16.5. The second kappa shape index (κ2) is 7.95. The summed E-state index contributed by atoms with van der Waals surface area (Å²) in [6.45, 7) is 0. The number of aliphatic carboxylic acids is 1. The van der Waals surface area contributed by atoms with E-state index in [9.17, 15) is 9.36 Å². The fourth-order valence-electron chi connectivity index (χ4n) is 2.53. The molecule has 4 heteroatoms. The van der Waals surface area contributed by atoms with Gasteiger partial charge >= 0.3 is 5.97 Å². The fourth-order valence-corrected chi connectivity index (χ4v) is 5.32. The predicted octanol–water partition coefficient (Wildman–Crippen LogP) is 3.65. The summed E-state index contributed by atoms with van der Waals surface area (Å²) in [5.41, 5.74) is 0. The van der Waals surface area contributed by atoms with Gasteiger partial charge in [0.05, 0.1) is 0 Å². The number of carbonyl (C=O) groups is 1. The van der Waals surface area contributed by atoms with Crippen LogP contribution in [0.25, 0.3) is 0 Å². The van der Waals surface area contributed by atoms with Crippen LogP contribution in [0.5, 0.6) is 0 Å². The van der Waals surface area contributed by atoms with Gasteiger partial charge in [-0.3, -0.25) is 4.79 Å². The summed E-state index contributed by atoms with van der Waals surface area (Å²) in [5.74, 6) is -0.769. The van der Waals surface area contributed by atoms with Crippen molar-refractivity contribution in [2.45, 2.75) is 25.7 Å². The minimum absolute atomic E-state index is 0.182. The summed E-state index contributed by atoms with van der Waals surface area (Å²) in [6, 6.07) is 19.2. The summed E-state index contributed by atoms with van der Waals surface area (Å²) in [6.07, 6.45) is 2.96. The monoisotopic (exact) mass is 316 g/mol. The van der Waals surface area contributed by atoms with E-state index >= 15 is 0 Å². The van der Waals surface area contributed by atoms with Crippen LogP contribution in [0.3, 0.4) is 0 Å². The van der Waals surface area contributed by atoms with Gasteiger partial charge in [-0.2, -0.15) is 0 Å². The second-order valence-electron chi connectivity index (χ2n) is 5.34. The van der Waals surface area contributed by atoms with Gasteiger partial charge in [0.1, 0.15) is 7.14 Å². The van der Waals surface area contributed by atoms with E-state index in [2.05, 4.69) is 0 Å². The van der Waals surface area contributed by atoms with Crippen molar-refractivity contribution >= 4 is 23.7 Å². The van der Waals surface area contributed by atoms with Gasteiger partial charge in [0.25, 0.3) is 0 Å². The number of hydrogen-bond donors (Lipinski definition) is 1. The molecular formula is C18H21O3P. The van der Waals surface area contributed by atoms with Crippen molar-refractivity contribution in [3.63, 3.8) is 0 Å². The molecule has 0 aliphatic heterocycles. The van der Waals surface area contributed by atoms with E-state index in [-0.39, 0.29) is 6.42 Å². The zero-order chi connectivity index (χ0) is 15.8. The fraction of sp³-hybridized carbons (Fsp3) is 0.278. The quantitative estimate of drug-likeness (QED) is 0.597. The average Bonchev–Trinajstić information content (AvgIpc) is 2.55. The van der Waals surface area contributed by atoms with Crippen molar-refractivity contribution < 1.29 is 14.5 Å². The normalized spacial score (nSPS) is 11.3. The Kier molecular flexibility index (Phi) is 5.97. The molecule has 2 aromatic rings. The van der Waals surface area contributed by atoms with Crippen LogP contribution in [-0.4, -0.2) is 17.2 Å². The van der Waals surface area contributed by atoms with Gasteiger partial charge in [-0.05, 0) is 12.8 Å². The van der Waals surface area contributed by atoms with Gasteiger partial charge < -0.3 is 9.67 Å². The maximum atomic E-state index is 13.6. The lowest BCUT2D eigenvalue weighted by Crippen LogP contribution is -2.18. The lowest BCUT2D eigenvalue weighted by atomic mass is 10.2. The number of benzene rings is 2. The zero-order valence-electron chi connectivity index (χ0n) is 12.5. The van der Waals surface area contributed by atoms with Gasteiger partial charge in [0, 0.05) is 23.2 Å². The molecule has 3 nitrogen and oxygen atoms in total. The largest absolute Gasteiger partial charge is 0.481 e. The molecule has 0 aliphatic carbocycles. The summed E-state index contributed by atoms with van der Waals surface area (Å²) in [4.78, 5) is 10.5. The highest BCUT2D eigenvalue weighted by Crippen LogP contribution is 2.44. The highest BCUT2D eigenvalue weighted by Gasteiger charge is 2.26. The summed E-state index contributed by atoms with van der Waals surface area (Å²) in [5, 5.41) is 10.4. The molecule has 2 aromatic carbocycles. The molecule has 0 aromatic heterocycles. The van der Waals surface area contributed by atoms with Crippen LogP contribution in [0.15, 0.2) is 60.7 Å². The molecule has 0 aliphatic rings. The smallest absolute Gasteiger partial charge is 0.303 e. The van der Waals surface area contributed by atoms with Gasteiger partial charge in [-0.15, -0.1) is 0 Å². The van der Waals surface area contributed by atoms with Gasteiger partial charge in [-0.1, -0.05) is 67.1 Å². The predicted molar refractivity (Wildman–Crippen MR) is 90.7 cm³/mol. The first-order chi connectivity index (χ1) is 10.6. The van der Waals surface area contributed by atoms with Crippen LogP contribution < -0.4 is 10.6 Å². The van der Waals surface area contributed by atoms with E-state index in [1.54, 1.807) is 0 Å². The SMILES string of the molecule is O=C(O)CCCCCP(=O)(c1ccccc1)c1ccccc1. The summed E-state index contributed by atoms with van der Waals surface area (Å²) in [7, 11) is -2.64. The van der Waals surface area contributed by atoms with Crippen LogP contribution in [0.4, 0.5) is 0 Å². The molecule has 0 saturated heterocycles. The molecule has 0 unspecified atom stereocenters. The van der Waals surface area contributed by atoms with Crippen molar-refractivity contribution in [1.29, 1.82) is 0 Å². The van der Waals surface area contributed by atoms with E-state index < -0.39 is 13.1 Å². The van der Waals surface area contributed by atoms with E-state index in [1.165, 1.54) is 0 Å². The minimum atomic E-state index is -2.64. The molecule has 116 valence electrons. The maximum absolute atomic E-state index is 13.6. The van der Waals surface area contributed by atoms with Crippen LogP contribution in [0.2, 0.25) is 0 Å². The van der Waals surface area contributed by atoms with E-state index in [0.29, 0.717) is 12.6 Å². The Hall–Kier alpha value is -1.86. The van der Waals surface area contributed by atoms with E-state index in [1.807, 2.05) is 60.7 Å². The number of unbranched alkanes of at least 4 members (excludes halogenated alkanes) is 2. The Bertz CT molecular complexity index is 594. The van der Waals surface area contributed by atoms with Crippen LogP contribution in [0.1, 0.15) is 25.7 Å². The lowest BCUT2D eigenvalue weighted by molar-refractivity contribution is -0.137. The molecule has 0 radical (unpaired) electrons. The Morgan fingerprint density at radius 1 is 0.818 bits per heavy atom. The number of carboxylic acids is 1. The molecule has 0 atom stereocenters. The summed E-state index contributed by atoms with van der Waals surface area (Å²) < 4.78 is 13.6. The third-order valence-electron chi connectivity index (χ3n) is 3.71. The maximum Gasteiger partial charge on any atom is 0.303 e. The molecule has 0 bridgehead atoms. The van der Waals surface area contributed by atoms with Crippen molar-refractivity contribution in [3.8, 4) is 0 Å². The molecule has 22 heavy (non-hydrogen) atoms. The molecule has 0 amide bonds. The first-order valence-corrected chi connectivity index (χ1v) is 9.44. The highest BCUT2D eigenvalue weighted by molar-refractivity contribution is 7.78. The standard InChI is InChI=1S/C18H21O3P/c19-18(20)14-8-3-9-15-22(21,16-10-4-1-5-11-16)17-12-6-2-7-13-17/h1-2,4-7,10-13H,3,8-9,14-15H2,(H,19,20). The van der Waals surface area contributed by atoms with Crippen molar-refractivity contribution in [2.24, 2.45) is 0 Å². The topological polar surface area (TPSA) is 54.4 Å². The molecule has 1 N–H and O–H groups in total. The third-order valence-corrected chi connectivity index (χ3v) is 6.92. The summed E-state index contributed by atoms with van der Waals surface area (Å²) >= 11 is 0. The van der Waals surface area contributed by atoms with Crippen LogP contribution >= 0.6 is 7.14 Å². The Morgan fingerprint density at radius 2 is 1.32 bits per heavy atom. The Balaban J connectivity index is 2.13. The van der Waals surface area contributed by atoms with Crippen LogP contribution in [-0.2, 0) is 9.36 Å². The second-order valence-corrected chi connectivity index (χ2v) is 8.30. The molecule has 2 rings (SSSR count). The van der Waals surface area contributed by atoms with Crippen molar-refractivity contribution in [2.75, 3.05) is 6.16 Å². The van der Waals surface area contributed by atoms with Crippen molar-refractivity contribution in [3.05, 3.63) is 60.7 Å². The van der Waals surface area contributed by atoms with Crippen molar-refractivity contribution in [1.82, 2.24) is 0 Å². The highest BCUT2D eigenvalue weighted by atomic mass is 31.2. The molecule has 0 heterocycles. The van der Waals surface area contributed by atoms with Crippen LogP contribution in [0, 0.1) is 0 Å². The van der Waals surface area contributed by atoms with E-state index in [4.69, 9.17) is 5.11 Å². The molecule has 0 saturated carbocycles. The lowest BCUT2D eigenvalue weighted by Gasteiger charge is -2.19. The number of rotatable bonds is 8. The molecule has 0 spiro atoms. The van der Waals surface area contributed by atoms with Gasteiger partial charge in [0.2, 0.25) is 0 Å². The Labute approximate surface area is 131 Å². The average molecular weight is 316 g/mol. The van der Waals surface area contributed by atoms with E-state index in [0.717, 1.165) is 23.5 Å². The number of hydrogen-bond acceptors (Lipinski definition) is 2. The molecular weight excluding hydrogens is 295 g/mol. The minimum Gasteiger partial charge on any atom is -0.481 e. The first-order valence-electron chi connectivity index (χ1n) is 7.55. The molecule has 0 fully saturated rings. The van der Waals surface area contributed by atoms with Gasteiger partial charge in [0.15, 0.2) is 0 Å². The number of carboxylic acid groups (broad SMARTS) is 1.